The number of carbonyl (C=O) groups is 3. The molecule has 3 aromatic rings. The van der Waals surface area contributed by atoms with E-state index in [4.69, 9.17) is 34.7 Å². The number of rotatable bonds is 19. The number of amides is 2. The molecule has 3 fully saturated rings. The number of benzene rings is 1. The van der Waals surface area contributed by atoms with Crippen molar-refractivity contribution >= 4 is 68.1 Å². The summed E-state index contributed by atoms with van der Waals surface area (Å²) in [6.07, 6.45) is 1.44. The second-order valence-electron chi connectivity index (χ2n) is 13.7. The Morgan fingerprint density at radius 1 is 1.12 bits per heavy atom. The fourth-order valence-corrected chi connectivity index (χ4v) is 6.98. The number of nitrogens with zero attached hydrogens (tertiary/aromatic N) is 5. The van der Waals surface area contributed by atoms with Crippen LogP contribution in [0.25, 0.3) is 10.9 Å². The number of hydrogen-bond donors (Lipinski definition) is 7. The van der Waals surface area contributed by atoms with Gasteiger partial charge in [0, 0.05) is 56.6 Å². The standard InChI is InChI=1S/C27H38N8O2S.C6H10N2O6S.CH2O2/c1-19(25-18-38-27(28)33-25)34-37-10-9-36-23-4-5-24-22(11-23)3-6-26(32-24)31-7-2-8-35(16-20-12-29-13-20)17-21-14-30-15-21;1-6(2)4(7-3-9)5(10)8(6)14-15(11,12)13;2-1-3/h3-6,11,18,20-21,29-30H,2,7-10,12-17H2,1H3,(H2,28,33)(H,31,32);3-4H,1-2H3,(H,7,9)(H,11,12,13);1H,(H,2,3)/b34-19+;;/t;4-;/m.1./s1. The van der Waals surface area contributed by atoms with Gasteiger partial charge in [0.15, 0.2) is 11.7 Å². The third-order valence-electron chi connectivity index (χ3n) is 9.00. The number of pyridine rings is 1. The monoisotopic (exact) mass is 822 g/mol. The third-order valence-corrected chi connectivity index (χ3v) is 10.0. The lowest BCUT2D eigenvalue weighted by Crippen LogP contribution is -2.75. The Bertz CT molecular complexity index is 1870. The second-order valence-corrected chi connectivity index (χ2v) is 15.6. The molecule has 0 spiro atoms. The van der Waals surface area contributed by atoms with Crippen LogP contribution in [0.3, 0.4) is 0 Å². The lowest BCUT2D eigenvalue weighted by Gasteiger charge is -2.50. The van der Waals surface area contributed by atoms with E-state index in [-0.39, 0.29) is 6.47 Å². The van der Waals surface area contributed by atoms with Crippen LogP contribution in [0, 0.1) is 11.8 Å². The fraction of sp³-hybridized carbons (Fsp3) is 0.529. The summed E-state index contributed by atoms with van der Waals surface area (Å²) >= 11 is 1.38. The van der Waals surface area contributed by atoms with Crippen LogP contribution in [0.4, 0.5) is 10.9 Å². The number of β-lactam (4-membered cyclic amide) rings is 1. The van der Waals surface area contributed by atoms with E-state index in [1.807, 2.05) is 36.6 Å². The number of thiazole rings is 1. The molecule has 22 heteroatoms. The highest BCUT2D eigenvalue weighted by Crippen LogP contribution is 2.32. The van der Waals surface area contributed by atoms with E-state index in [1.165, 1.54) is 38.3 Å². The topological polar surface area (TPSA) is 272 Å². The van der Waals surface area contributed by atoms with Crippen molar-refractivity contribution in [3.05, 3.63) is 41.4 Å². The van der Waals surface area contributed by atoms with Gasteiger partial charge in [-0.25, -0.2) is 9.97 Å². The molecule has 3 saturated heterocycles. The van der Waals surface area contributed by atoms with Gasteiger partial charge in [0.05, 0.1) is 11.1 Å². The number of nitrogens with two attached hydrogens (primary N) is 1. The Morgan fingerprint density at radius 3 is 2.36 bits per heavy atom. The van der Waals surface area contributed by atoms with E-state index in [2.05, 4.69) is 46.7 Å². The number of nitrogens with one attached hydrogen (secondary N) is 4. The van der Waals surface area contributed by atoms with Crippen molar-refractivity contribution < 1.29 is 46.3 Å². The first-order valence-electron chi connectivity index (χ1n) is 17.8. The predicted octanol–water partition coefficient (Wildman–Crippen LogP) is 0.793. The zero-order chi connectivity index (χ0) is 40.7. The van der Waals surface area contributed by atoms with Crippen molar-refractivity contribution in [2.75, 3.05) is 76.6 Å². The molecule has 0 radical (unpaired) electrons. The molecule has 20 nitrogen and oxygen atoms in total. The van der Waals surface area contributed by atoms with Gasteiger partial charge in [-0.2, -0.15) is 13.5 Å². The quantitative estimate of drug-likeness (QED) is 0.0220. The molecule has 6 rings (SSSR count). The van der Waals surface area contributed by atoms with E-state index in [0.717, 1.165) is 85.7 Å². The minimum absolute atomic E-state index is 0.250. The largest absolute Gasteiger partial charge is 0.490 e. The summed E-state index contributed by atoms with van der Waals surface area (Å²) < 4.78 is 39.0. The predicted molar refractivity (Wildman–Crippen MR) is 209 cm³/mol. The number of carboxylic acid groups (broad SMARTS) is 1. The molecule has 3 aliphatic heterocycles. The molecular formula is C34H50N10O10S2. The highest BCUT2D eigenvalue weighted by molar-refractivity contribution is 7.80. The normalized spacial score (nSPS) is 17.9. The average Bonchev–Trinajstić information content (AvgIpc) is 3.56. The maximum Gasteiger partial charge on any atom is 0.418 e. The van der Waals surface area contributed by atoms with Gasteiger partial charge in [-0.3, -0.25) is 18.9 Å². The van der Waals surface area contributed by atoms with Crippen molar-refractivity contribution in [2.24, 2.45) is 17.0 Å². The number of ether oxygens (including phenoxy) is 1. The number of anilines is 2. The van der Waals surface area contributed by atoms with Crippen LogP contribution in [0.5, 0.6) is 5.75 Å². The van der Waals surface area contributed by atoms with E-state index in [1.54, 1.807) is 0 Å². The number of carbonyl (C=O) groups excluding carboxylic acids is 2. The Hall–Kier alpha value is -4.71. The van der Waals surface area contributed by atoms with Crippen LogP contribution in [0.2, 0.25) is 0 Å². The summed E-state index contributed by atoms with van der Waals surface area (Å²) in [5.74, 6) is 2.57. The highest BCUT2D eigenvalue weighted by atomic mass is 32.3. The number of nitrogen functional groups attached to an aromatic ring is 1. The summed E-state index contributed by atoms with van der Waals surface area (Å²) in [6, 6.07) is 9.19. The molecule has 0 aliphatic carbocycles. The van der Waals surface area contributed by atoms with Gasteiger partial charge >= 0.3 is 10.4 Å². The summed E-state index contributed by atoms with van der Waals surface area (Å²) in [5.41, 5.74) is 6.99. The lowest BCUT2D eigenvalue weighted by molar-refractivity contribution is -0.218. The molecule has 1 atom stereocenters. The minimum Gasteiger partial charge on any atom is -0.490 e. The van der Waals surface area contributed by atoms with Crippen LogP contribution in [-0.2, 0) is 33.9 Å². The van der Waals surface area contributed by atoms with Crippen molar-refractivity contribution in [2.45, 2.75) is 38.8 Å². The second kappa shape index (κ2) is 21.0. The smallest absolute Gasteiger partial charge is 0.418 e. The number of fused-ring (bicyclic) bond motifs is 1. The number of oxime groups is 1. The molecule has 8 N–H and O–H groups in total. The average molecular weight is 823 g/mol. The van der Waals surface area contributed by atoms with Crippen LogP contribution in [0.1, 0.15) is 32.9 Å². The van der Waals surface area contributed by atoms with Gasteiger partial charge < -0.3 is 46.6 Å². The molecule has 0 saturated carbocycles. The number of hydroxylamine groups is 2. The van der Waals surface area contributed by atoms with Gasteiger partial charge in [0.25, 0.3) is 12.4 Å². The Balaban J connectivity index is 0.000000323. The van der Waals surface area contributed by atoms with E-state index in [9.17, 15) is 18.0 Å². The molecule has 5 heterocycles. The Kier molecular flexibility index (Phi) is 16.5. The molecular weight excluding hydrogens is 773 g/mol. The lowest BCUT2D eigenvalue weighted by atomic mass is 9.85. The van der Waals surface area contributed by atoms with Crippen molar-refractivity contribution in [1.29, 1.82) is 0 Å². The van der Waals surface area contributed by atoms with Crippen LogP contribution in [0.15, 0.2) is 40.9 Å². The summed E-state index contributed by atoms with van der Waals surface area (Å²) in [5, 5.41) is 27.4. The van der Waals surface area contributed by atoms with E-state index in [0.29, 0.717) is 35.5 Å². The van der Waals surface area contributed by atoms with Gasteiger partial charge in [0.1, 0.15) is 35.6 Å². The highest BCUT2D eigenvalue weighted by Gasteiger charge is 2.57. The molecule has 0 bridgehead atoms. The number of aromatic nitrogens is 2. The first-order chi connectivity index (χ1) is 26.7. The van der Waals surface area contributed by atoms with Crippen LogP contribution >= 0.6 is 11.3 Å². The Morgan fingerprint density at radius 2 is 1.80 bits per heavy atom. The third kappa shape index (κ3) is 13.2. The molecule has 3 aliphatic rings. The zero-order valence-corrected chi connectivity index (χ0v) is 33.1. The van der Waals surface area contributed by atoms with Gasteiger partial charge in [-0.05, 0) is 75.9 Å². The van der Waals surface area contributed by atoms with E-state index >= 15 is 0 Å². The van der Waals surface area contributed by atoms with Crippen molar-refractivity contribution in [1.82, 2.24) is 35.9 Å². The Labute approximate surface area is 329 Å². The molecule has 2 aromatic heterocycles. The summed E-state index contributed by atoms with van der Waals surface area (Å²) in [6.45, 7) is 14.4. The van der Waals surface area contributed by atoms with Crippen molar-refractivity contribution in [3.63, 3.8) is 0 Å². The summed E-state index contributed by atoms with van der Waals surface area (Å²) in [4.78, 5) is 46.7. The number of hydrogen-bond acceptors (Lipinski definition) is 17. The first kappa shape index (κ1) is 44.0. The molecule has 56 heavy (non-hydrogen) atoms. The SMILES string of the molecule is C/C(=N\OCCOc1ccc2nc(NCCCN(CC3CNC3)CC3CNC3)ccc2c1)c1csc(N)n1.CC1(C)[C@H](NC=O)C(=O)N1OS(=O)(=O)O.O=CO. The molecule has 0 unspecified atom stereocenters. The summed E-state index contributed by atoms with van der Waals surface area (Å²) in [7, 11) is -4.74. The molecule has 308 valence electrons. The zero-order valence-electron chi connectivity index (χ0n) is 31.4. The first-order valence-corrected chi connectivity index (χ1v) is 20.1. The van der Waals surface area contributed by atoms with Gasteiger partial charge in [-0.1, -0.05) is 5.16 Å². The maximum atomic E-state index is 11.2. The molecule has 2 amide bonds. The van der Waals surface area contributed by atoms with Gasteiger partial charge in [0.2, 0.25) is 6.41 Å². The fourth-order valence-electron chi connectivity index (χ4n) is 5.92. The van der Waals surface area contributed by atoms with Crippen LogP contribution < -0.4 is 31.7 Å². The van der Waals surface area contributed by atoms with Crippen LogP contribution in [-0.4, -0.2) is 140 Å². The maximum absolute atomic E-state index is 11.2. The van der Waals surface area contributed by atoms with Gasteiger partial charge in [-0.15, -0.1) is 15.6 Å². The van der Waals surface area contributed by atoms with E-state index < -0.39 is 27.9 Å². The molecule has 1 aromatic carbocycles. The van der Waals surface area contributed by atoms with Crippen molar-refractivity contribution in [3.8, 4) is 5.75 Å². The minimum atomic E-state index is -4.74.